The molecule has 0 bridgehead atoms. The molecule has 0 spiro atoms. The van der Waals surface area contributed by atoms with Gasteiger partial charge in [0.1, 0.15) is 11.3 Å². The van der Waals surface area contributed by atoms with E-state index in [0.717, 1.165) is 34.4 Å². The van der Waals surface area contributed by atoms with E-state index in [4.69, 9.17) is 4.42 Å². The number of carbonyl (C=O) groups excluding carboxylic acids is 1. The van der Waals surface area contributed by atoms with Crippen LogP contribution in [0, 0.1) is 6.92 Å². The highest BCUT2D eigenvalue weighted by molar-refractivity contribution is 5.84. The van der Waals surface area contributed by atoms with Crippen molar-refractivity contribution < 1.29 is 13.9 Å². The largest absolute Gasteiger partial charge is 0.459 e. The van der Waals surface area contributed by atoms with Gasteiger partial charge in [-0.1, -0.05) is 30.3 Å². The van der Waals surface area contributed by atoms with E-state index in [2.05, 4.69) is 38.7 Å². The number of amides is 1. The van der Waals surface area contributed by atoms with Gasteiger partial charge in [-0.2, -0.15) is 0 Å². The van der Waals surface area contributed by atoms with Crippen molar-refractivity contribution in [2.24, 2.45) is 4.99 Å². The minimum atomic E-state index is -0.490. The first-order chi connectivity index (χ1) is 14.1. The van der Waals surface area contributed by atoms with Crippen LogP contribution in [0.15, 0.2) is 57.9 Å². The maximum atomic E-state index is 11.2. The summed E-state index contributed by atoms with van der Waals surface area (Å²) in [5, 5.41) is 10.3. The van der Waals surface area contributed by atoms with Crippen LogP contribution in [0.25, 0.3) is 11.0 Å². The number of aliphatic imine (C=N–C) groups is 1. The molecule has 0 aliphatic heterocycles. The van der Waals surface area contributed by atoms with E-state index in [1.54, 1.807) is 0 Å². The number of para-hydroxylation sites is 1. The molecule has 0 fully saturated rings. The molecule has 0 atom stereocenters. The molecule has 2 aromatic carbocycles. The van der Waals surface area contributed by atoms with Gasteiger partial charge in [0.25, 0.3) is 0 Å². The van der Waals surface area contributed by atoms with Gasteiger partial charge in [-0.05, 0) is 37.6 Å². The monoisotopic (exact) mass is 394 g/mol. The van der Waals surface area contributed by atoms with Gasteiger partial charge in [0.15, 0.2) is 5.96 Å². The lowest BCUT2D eigenvalue weighted by molar-refractivity contribution is 0.187. The standard InChI is InChI=1S/C22H26N4O3/c1-4-23-21(24-13-16-9-11-17(12-10-16)26-22(27)28-3)25-14-20-15(2)18-7-5-6-8-19(18)29-20/h5-12H,4,13-14H2,1-3H3,(H,26,27)(H2,23,24,25). The molecule has 7 heteroatoms. The van der Waals surface area contributed by atoms with Crippen molar-refractivity contribution in [2.75, 3.05) is 19.0 Å². The molecule has 0 aliphatic carbocycles. The maximum Gasteiger partial charge on any atom is 0.411 e. The predicted octanol–water partition coefficient (Wildman–Crippen LogP) is 4.17. The molecule has 1 amide bonds. The van der Waals surface area contributed by atoms with E-state index in [9.17, 15) is 4.79 Å². The molecule has 3 aromatic rings. The maximum absolute atomic E-state index is 11.2. The number of benzene rings is 2. The van der Waals surface area contributed by atoms with Crippen LogP contribution in [0.2, 0.25) is 0 Å². The fraction of sp³-hybridized carbons (Fsp3) is 0.273. The van der Waals surface area contributed by atoms with Crippen molar-refractivity contribution in [2.45, 2.75) is 26.9 Å². The zero-order chi connectivity index (χ0) is 20.6. The summed E-state index contributed by atoms with van der Waals surface area (Å²) >= 11 is 0. The second-order valence-corrected chi connectivity index (χ2v) is 6.51. The Hall–Kier alpha value is -3.48. The van der Waals surface area contributed by atoms with Crippen LogP contribution in [0.1, 0.15) is 23.8 Å². The second-order valence-electron chi connectivity index (χ2n) is 6.51. The molecular weight excluding hydrogens is 368 g/mol. The number of rotatable bonds is 6. The highest BCUT2D eigenvalue weighted by Crippen LogP contribution is 2.24. The fourth-order valence-electron chi connectivity index (χ4n) is 2.93. The van der Waals surface area contributed by atoms with Crippen LogP contribution in [-0.2, 0) is 17.8 Å². The van der Waals surface area contributed by atoms with Gasteiger partial charge in [0.2, 0.25) is 0 Å². The Labute approximate surface area is 170 Å². The van der Waals surface area contributed by atoms with Crippen molar-refractivity contribution in [3.8, 4) is 0 Å². The van der Waals surface area contributed by atoms with E-state index in [1.165, 1.54) is 7.11 Å². The number of fused-ring (bicyclic) bond motifs is 1. The molecule has 3 N–H and O–H groups in total. The van der Waals surface area contributed by atoms with E-state index in [0.29, 0.717) is 24.7 Å². The van der Waals surface area contributed by atoms with E-state index in [-0.39, 0.29) is 0 Å². The average molecular weight is 394 g/mol. The SMILES string of the molecule is CCNC(=NCc1ccc(NC(=O)OC)cc1)NCc1oc2ccccc2c1C. The number of hydrogen-bond donors (Lipinski definition) is 3. The van der Waals surface area contributed by atoms with Gasteiger partial charge >= 0.3 is 6.09 Å². The number of guanidine groups is 1. The van der Waals surface area contributed by atoms with Crippen molar-refractivity contribution in [1.29, 1.82) is 0 Å². The Morgan fingerprint density at radius 2 is 1.86 bits per heavy atom. The molecule has 3 rings (SSSR count). The first-order valence-corrected chi connectivity index (χ1v) is 9.53. The van der Waals surface area contributed by atoms with E-state index in [1.807, 2.05) is 49.4 Å². The fourth-order valence-corrected chi connectivity index (χ4v) is 2.93. The zero-order valence-electron chi connectivity index (χ0n) is 16.9. The summed E-state index contributed by atoms with van der Waals surface area (Å²) < 4.78 is 10.5. The number of carbonyl (C=O) groups is 1. The average Bonchev–Trinajstić information content (AvgIpc) is 3.07. The lowest BCUT2D eigenvalue weighted by Crippen LogP contribution is -2.36. The zero-order valence-corrected chi connectivity index (χ0v) is 16.9. The molecule has 1 heterocycles. The number of methoxy groups -OCH3 is 1. The first kappa shape index (κ1) is 20.3. The third kappa shape index (κ3) is 5.28. The number of nitrogens with one attached hydrogen (secondary N) is 3. The highest BCUT2D eigenvalue weighted by atomic mass is 16.5. The number of furan rings is 1. The topological polar surface area (TPSA) is 87.9 Å². The van der Waals surface area contributed by atoms with Gasteiger partial charge in [-0.3, -0.25) is 5.32 Å². The summed E-state index contributed by atoms with van der Waals surface area (Å²) in [5.41, 5.74) is 3.73. The summed E-state index contributed by atoms with van der Waals surface area (Å²) in [7, 11) is 1.33. The smallest absolute Gasteiger partial charge is 0.411 e. The molecule has 29 heavy (non-hydrogen) atoms. The van der Waals surface area contributed by atoms with Gasteiger partial charge in [-0.25, -0.2) is 9.79 Å². The Bertz CT molecular complexity index is 993. The van der Waals surface area contributed by atoms with Crippen molar-refractivity contribution >= 4 is 28.7 Å². The first-order valence-electron chi connectivity index (χ1n) is 9.53. The number of nitrogens with zero attached hydrogens (tertiary/aromatic N) is 1. The summed E-state index contributed by atoms with van der Waals surface area (Å²) in [5.74, 6) is 1.61. The van der Waals surface area contributed by atoms with Gasteiger partial charge < -0.3 is 19.8 Å². The van der Waals surface area contributed by atoms with Crippen LogP contribution < -0.4 is 16.0 Å². The second kappa shape index (κ2) is 9.64. The lowest BCUT2D eigenvalue weighted by atomic mass is 10.1. The quantitative estimate of drug-likeness (QED) is 0.431. The van der Waals surface area contributed by atoms with Gasteiger partial charge in [0.05, 0.1) is 20.2 Å². The molecular formula is C22H26N4O3. The predicted molar refractivity (Wildman–Crippen MR) is 115 cm³/mol. The molecule has 7 nitrogen and oxygen atoms in total. The molecule has 1 aromatic heterocycles. The van der Waals surface area contributed by atoms with Gasteiger partial charge in [0, 0.05) is 23.2 Å². The van der Waals surface area contributed by atoms with Crippen LogP contribution in [-0.4, -0.2) is 25.7 Å². The molecule has 0 unspecified atom stereocenters. The van der Waals surface area contributed by atoms with Crippen molar-refractivity contribution in [3.63, 3.8) is 0 Å². The highest BCUT2D eigenvalue weighted by Gasteiger charge is 2.10. The Balaban J connectivity index is 1.63. The van der Waals surface area contributed by atoms with Crippen LogP contribution in [0.4, 0.5) is 10.5 Å². The number of anilines is 1. The summed E-state index contributed by atoms with van der Waals surface area (Å²) in [6.07, 6.45) is -0.490. The Morgan fingerprint density at radius 1 is 1.10 bits per heavy atom. The molecule has 0 aliphatic rings. The van der Waals surface area contributed by atoms with Crippen molar-refractivity contribution in [1.82, 2.24) is 10.6 Å². The molecule has 152 valence electrons. The molecule has 0 radical (unpaired) electrons. The Kier molecular flexibility index (Phi) is 6.73. The van der Waals surface area contributed by atoms with Crippen molar-refractivity contribution in [3.05, 3.63) is 65.4 Å². The van der Waals surface area contributed by atoms with E-state index >= 15 is 0 Å². The number of ether oxygens (including phenoxy) is 1. The summed E-state index contributed by atoms with van der Waals surface area (Å²) in [4.78, 5) is 15.9. The normalized spacial score (nSPS) is 11.3. The van der Waals surface area contributed by atoms with E-state index < -0.39 is 6.09 Å². The number of aryl methyl sites for hydroxylation is 1. The van der Waals surface area contributed by atoms with Crippen LogP contribution in [0.5, 0.6) is 0 Å². The minimum Gasteiger partial charge on any atom is -0.459 e. The molecule has 0 saturated carbocycles. The Morgan fingerprint density at radius 3 is 2.55 bits per heavy atom. The van der Waals surface area contributed by atoms with Gasteiger partial charge in [-0.15, -0.1) is 0 Å². The third-order valence-corrected chi connectivity index (χ3v) is 4.51. The molecule has 0 saturated heterocycles. The number of hydrogen-bond acceptors (Lipinski definition) is 4. The summed E-state index contributed by atoms with van der Waals surface area (Å²) in [6.45, 7) is 5.90. The van der Waals surface area contributed by atoms with Crippen LogP contribution in [0.3, 0.4) is 0 Å². The lowest BCUT2D eigenvalue weighted by Gasteiger charge is -2.11. The third-order valence-electron chi connectivity index (χ3n) is 4.51. The minimum absolute atomic E-state index is 0.490. The van der Waals surface area contributed by atoms with Crippen LogP contribution >= 0.6 is 0 Å². The summed E-state index contributed by atoms with van der Waals surface area (Å²) in [6, 6.07) is 15.5.